The summed E-state index contributed by atoms with van der Waals surface area (Å²) in [6.45, 7) is 3.33. The molecule has 31 heavy (non-hydrogen) atoms. The van der Waals surface area contributed by atoms with Gasteiger partial charge < -0.3 is 10.2 Å². The standard InChI is InChI=1S/C20H28N8O2S/c1-14(18-23-24-25-27(18)4)28-19(30)16(13-17(29)21-11-8-12-26(2)3)31-20(28)22-15-9-6-5-7-10-15/h5-7,9-10,14,16H,8,11-13H2,1-4H3,(H,21,29). The Bertz CT molecular complexity index is 930. The summed E-state index contributed by atoms with van der Waals surface area (Å²) < 4.78 is 1.54. The molecule has 166 valence electrons. The Morgan fingerprint density at radius 1 is 1.32 bits per heavy atom. The minimum atomic E-state index is -0.542. The monoisotopic (exact) mass is 444 g/mol. The van der Waals surface area contributed by atoms with Crippen molar-refractivity contribution in [2.45, 2.75) is 31.1 Å². The molecule has 1 saturated heterocycles. The number of amidine groups is 1. The summed E-state index contributed by atoms with van der Waals surface area (Å²) in [4.78, 5) is 34.0. The second-order valence-electron chi connectivity index (χ2n) is 7.59. The van der Waals surface area contributed by atoms with Gasteiger partial charge in [0.05, 0.1) is 11.7 Å². The average Bonchev–Trinajstić information content (AvgIpc) is 3.29. The maximum absolute atomic E-state index is 13.3. The molecule has 1 N–H and O–H groups in total. The third-order valence-corrected chi connectivity index (χ3v) is 5.99. The van der Waals surface area contributed by atoms with Gasteiger partial charge in [-0.2, -0.15) is 0 Å². The van der Waals surface area contributed by atoms with Crippen molar-refractivity contribution in [2.75, 3.05) is 27.2 Å². The maximum atomic E-state index is 13.3. The molecule has 2 atom stereocenters. The highest BCUT2D eigenvalue weighted by Crippen LogP contribution is 2.36. The second-order valence-corrected chi connectivity index (χ2v) is 8.76. The number of carbonyl (C=O) groups is 2. The van der Waals surface area contributed by atoms with Crippen LogP contribution in [0.1, 0.15) is 31.6 Å². The van der Waals surface area contributed by atoms with Crippen LogP contribution in [0.25, 0.3) is 0 Å². The molecule has 2 unspecified atom stereocenters. The van der Waals surface area contributed by atoms with Gasteiger partial charge in [-0.1, -0.05) is 30.0 Å². The molecule has 2 amide bonds. The van der Waals surface area contributed by atoms with Crippen LogP contribution >= 0.6 is 11.8 Å². The number of benzene rings is 1. The number of aliphatic imine (C=N–C) groups is 1. The van der Waals surface area contributed by atoms with E-state index in [1.165, 1.54) is 16.4 Å². The first-order valence-corrected chi connectivity index (χ1v) is 11.0. The Balaban J connectivity index is 1.76. The fraction of sp³-hybridized carbons (Fsp3) is 0.500. The van der Waals surface area contributed by atoms with E-state index in [1.807, 2.05) is 51.4 Å². The quantitative estimate of drug-likeness (QED) is 0.582. The number of hydrogen-bond acceptors (Lipinski definition) is 8. The average molecular weight is 445 g/mol. The minimum absolute atomic E-state index is 0.0968. The summed E-state index contributed by atoms with van der Waals surface area (Å²) in [6.07, 6.45) is 0.951. The Kier molecular flexibility index (Phi) is 7.75. The number of para-hydroxylation sites is 1. The summed E-state index contributed by atoms with van der Waals surface area (Å²) >= 11 is 1.31. The fourth-order valence-corrected chi connectivity index (χ4v) is 4.46. The number of amides is 2. The summed E-state index contributed by atoms with van der Waals surface area (Å²) in [7, 11) is 5.71. The molecule has 3 rings (SSSR count). The number of nitrogens with one attached hydrogen (secondary N) is 1. The Hall–Kier alpha value is -2.79. The summed E-state index contributed by atoms with van der Waals surface area (Å²) in [5.41, 5.74) is 0.736. The van der Waals surface area contributed by atoms with Gasteiger partial charge in [-0.05, 0) is 56.5 Å². The van der Waals surface area contributed by atoms with Crippen molar-refractivity contribution >= 4 is 34.4 Å². The highest BCUT2D eigenvalue weighted by molar-refractivity contribution is 8.15. The van der Waals surface area contributed by atoms with E-state index in [-0.39, 0.29) is 18.2 Å². The third kappa shape index (κ3) is 5.88. The number of thioether (sulfide) groups is 1. The number of carbonyl (C=O) groups excluding carboxylic acids is 2. The molecule has 2 aromatic rings. The van der Waals surface area contributed by atoms with E-state index in [0.29, 0.717) is 17.5 Å². The van der Waals surface area contributed by atoms with E-state index in [1.54, 1.807) is 11.9 Å². The minimum Gasteiger partial charge on any atom is -0.356 e. The molecule has 10 nitrogen and oxygen atoms in total. The molecule has 0 radical (unpaired) electrons. The van der Waals surface area contributed by atoms with Gasteiger partial charge >= 0.3 is 0 Å². The zero-order valence-corrected chi connectivity index (χ0v) is 19.0. The molecule has 2 heterocycles. The lowest BCUT2D eigenvalue weighted by atomic mass is 10.2. The lowest BCUT2D eigenvalue weighted by molar-refractivity contribution is -0.130. The van der Waals surface area contributed by atoms with Gasteiger partial charge in [0.2, 0.25) is 11.8 Å². The van der Waals surface area contributed by atoms with E-state index in [9.17, 15) is 9.59 Å². The van der Waals surface area contributed by atoms with Crippen LogP contribution in [0.5, 0.6) is 0 Å². The first-order chi connectivity index (χ1) is 14.9. The molecule has 0 saturated carbocycles. The van der Waals surface area contributed by atoms with Crippen LogP contribution in [0.4, 0.5) is 5.69 Å². The molecular weight excluding hydrogens is 416 g/mol. The van der Waals surface area contributed by atoms with Crippen molar-refractivity contribution in [3.63, 3.8) is 0 Å². The van der Waals surface area contributed by atoms with E-state index >= 15 is 0 Å². The SMILES string of the molecule is CC(c1nnnn1C)N1C(=O)C(CC(=O)NCCCN(C)C)SC1=Nc1ccccc1. The van der Waals surface area contributed by atoms with Crippen LogP contribution in [-0.4, -0.2) is 79.4 Å². The van der Waals surface area contributed by atoms with Crippen LogP contribution in [0.2, 0.25) is 0 Å². The fourth-order valence-electron chi connectivity index (χ4n) is 3.23. The lowest BCUT2D eigenvalue weighted by Gasteiger charge is -2.23. The van der Waals surface area contributed by atoms with Gasteiger partial charge in [-0.25, -0.2) is 9.67 Å². The predicted molar refractivity (Wildman–Crippen MR) is 120 cm³/mol. The molecule has 1 aromatic carbocycles. The van der Waals surface area contributed by atoms with Crippen molar-refractivity contribution in [1.82, 2.24) is 35.3 Å². The summed E-state index contributed by atoms with van der Waals surface area (Å²) in [5, 5.41) is 14.5. The molecule has 0 aliphatic carbocycles. The van der Waals surface area contributed by atoms with Gasteiger partial charge in [0.15, 0.2) is 11.0 Å². The second kappa shape index (κ2) is 10.5. The highest BCUT2D eigenvalue weighted by Gasteiger charge is 2.43. The van der Waals surface area contributed by atoms with Crippen LogP contribution in [-0.2, 0) is 16.6 Å². The summed E-state index contributed by atoms with van der Waals surface area (Å²) in [6, 6.07) is 9.01. The van der Waals surface area contributed by atoms with Crippen molar-refractivity contribution < 1.29 is 9.59 Å². The van der Waals surface area contributed by atoms with E-state index in [2.05, 4.69) is 30.7 Å². The zero-order chi connectivity index (χ0) is 22.4. The highest BCUT2D eigenvalue weighted by atomic mass is 32.2. The van der Waals surface area contributed by atoms with Gasteiger partial charge in [-0.15, -0.1) is 5.10 Å². The molecule has 1 aliphatic heterocycles. The normalized spacial score (nSPS) is 18.7. The molecular formula is C20H28N8O2S. The number of aryl methyl sites for hydroxylation is 1. The Morgan fingerprint density at radius 2 is 2.06 bits per heavy atom. The van der Waals surface area contributed by atoms with Crippen LogP contribution in [0.3, 0.4) is 0 Å². The number of nitrogens with zero attached hydrogens (tertiary/aromatic N) is 7. The van der Waals surface area contributed by atoms with E-state index in [0.717, 1.165) is 18.7 Å². The van der Waals surface area contributed by atoms with Crippen LogP contribution < -0.4 is 5.32 Å². The van der Waals surface area contributed by atoms with Crippen molar-refractivity contribution in [1.29, 1.82) is 0 Å². The smallest absolute Gasteiger partial charge is 0.243 e. The van der Waals surface area contributed by atoms with E-state index < -0.39 is 11.3 Å². The number of tetrazole rings is 1. The number of aromatic nitrogens is 4. The lowest BCUT2D eigenvalue weighted by Crippen LogP contribution is -2.37. The van der Waals surface area contributed by atoms with Gasteiger partial charge in [0.25, 0.3) is 0 Å². The molecule has 1 aliphatic rings. The topological polar surface area (TPSA) is 109 Å². The maximum Gasteiger partial charge on any atom is 0.243 e. The third-order valence-electron chi connectivity index (χ3n) is 4.84. The largest absolute Gasteiger partial charge is 0.356 e. The van der Waals surface area contributed by atoms with E-state index in [4.69, 9.17) is 0 Å². The molecule has 1 aromatic heterocycles. The first kappa shape index (κ1) is 22.9. The van der Waals surface area contributed by atoms with Crippen molar-refractivity contribution in [3.8, 4) is 0 Å². The molecule has 1 fully saturated rings. The number of rotatable bonds is 9. The number of hydrogen-bond donors (Lipinski definition) is 1. The van der Waals surface area contributed by atoms with Gasteiger partial charge in [0, 0.05) is 20.0 Å². The van der Waals surface area contributed by atoms with Crippen molar-refractivity contribution in [2.24, 2.45) is 12.0 Å². The first-order valence-electron chi connectivity index (χ1n) is 10.1. The zero-order valence-electron chi connectivity index (χ0n) is 18.2. The van der Waals surface area contributed by atoms with Crippen LogP contribution in [0.15, 0.2) is 35.3 Å². The Labute approximate surface area is 186 Å². The molecule has 11 heteroatoms. The molecule has 0 spiro atoms. The van der Waals surface area contributed by atoms with Gasteiger partial charge in [0.1, 0.15) is 5.25 Å². The van der Waals surface area contributed by atoms with Gasteiger partial charge in [-0.3, -0.25) is 14.5 Å². The predicted octanol–water partition coefficient (Wildman–Crippen LogP) is 1.36. The van der Waals surface area contributed by atoms with Crippen molar-refractivity contribution in [3.05, 3.63) is 36.2 Å². The van der Waals surface area contributed by atoms with Crippen LogP contribution in [0, 0.1) is 0 Å². The summed E-state index contributed by atoms with van der Waals surface area (Å²) in [5.74, 6) is 0.237. The molecule has 0 bridgehead atoms. The Morgan fingerprint density at radius 3 is 2.71 bits per heavy atom.